The third-order valence-corrected chi connectivity index (χ3v) is 6.10. The molecule has 2 bridgehead atoms. The zero-order valence-corrected chi connectivity index (χ0v) is 14.6. The van der Waals surface area contributed by atoms with Gasteiger partial charge in [0.15, 0.2) is 0 Å². The average Bonchev–Trinajstić information content (AvgIpc) is 3.03. The number of hydrogen-bond acceptors (Lipinski definition) is 4. The monoisotopic (exact) mass is 347 g/mol. The van der Waals surface area contributed by atoms with Crippen molar-refractivity contribution in [3.63, 3.8) is 0 Å². The van der Waals surface area contributed by atoms with Crippen LogP contribution >= 0.6 is 0 Å². The lowest BCUT2D eigenvalue weighted by molar-refractivity contribution is -0.170. The van der Waals surface area contributed by atoms with Crippen molar-refractivity contribution in [3.05, 3.63) is 71.8 Å². The first kappa shape index (κ1) is 15.8. The van der Waals surface area contributed by atoms with Gasteiger partial charge in [0, 0.05) is 36.1 Å². The topological polar surface area (TPSA) is 49.8 Å². The van der Waals surface area contributed by atoms with Crippen LogP contribution in [0.15, 0.2) is 60.7 Å². The van der Waals surface area contributed by atoms with Crippen LogP contribution in [0, 0.1) is 0 Å². The second-order valence-electron chi connectivity index (χ2n) is 7.49. The molecule has 1 fully saturated rings. The Balaban J connectivity index is 1.48. The number of likely N-dealkylation sites (N-methyl/N-ethyl adjacent to an activating group) is 1. The van der Waals surface area contributed by atoms with E-state index in [4.69, 9.17) is 4.74 Å². The third-order valence-electron chi connectivity index (χ3n) is 6.10. The van der Waals surface area contributed by atoms with Crippen LogP contribution in [0.3, 0.4) is 0 Å². The van der Waals surface area contributed by atoms with E-state index in [1.165, 1.54) is 0 Å². The van der Waals surface area contributed by atoms with Crippen LogP contribution in [-0.2, 0) is 15.1 Å². The number of piperidine rings is 1. The molecule has 1 unspecified atom stereocenters. The van der Waals surface area contributed by atoms with Gasteiger partial charge in [-0.15, -0.1) is 0 Å². The number of fused-ring (bicyclic) bond motifs is 5. The molecule has 2 heterocycles. The lowest BCUT2D eigenvalue weighted by Crippen LogP contribution is -2.46. The molecule has 0 spiro atoms. The van der Waals surface area contributed by atoms with Gasteiger partial charge in [0.25, 0.3) is 0 Å². The summed E-state index contributed by atoms with van der Waals surface area (Å²) in [6.45, 7) is 0. The number of aliphatic hydroxyl groups is 1. The van der Waals surface area contributed by atoms with Crippen LogP contribution < -0.4 is 0 Å². The Kier molecular flexibility index (Phi) is 3.36. The molecule has 4 nitrogen and oxygen atoms in total. The quantitative estimate of drug-likeness (QED) is 0.670. The molecule has 5 rings (SSSR count). The van der Waals surface area contributed by atoms with Crippen molar-refractivity contribution in [2.75, 3.05) is 7.05 Å². The summed E-state index contributed by atoms with van der Waals surface area (Å²) in [4.78, 5) is 15.5. The third kappa shape index (κ3) is 2.06. The Morgan fingerprint density at radius 3 is 2.04 bits per heavy atom. The van der Waals surface area contributed by atoms with Gasteiger partial charge in [-0.05, 0) is 18.2 Å². The summed E-state index contributed by atoms with van der Waals surface area (Å²) in [6, 6.07) is 15.7. The summed E-state index contributed by atoms with van der Waals surface area (Å²) in [5, 5.41) is 11.5. The van der Waals surface area contributed by atoms with E-state index in [2.05, 4.69) is 24.1 Å². The van der Waals surface area contributed by atoms with Crippen molar-refractivity contribution in [2.24, 2.45) is 0 Å². The van der Waals surface area contributed by atoms with E-state index < -0.39 is 11.6 Å². The van der Waals surface area contributed by atoms with Gasteiger partial charge in [0.2, 0.25) is 5.60 Å². The van der Waals surface area contributed by atoms with Crippen LogP contribution in [0.2, 0.25) is 0 Å². The summed E-state index contributed by atoms with van der Waals surface area (Å²) >= 11 is 0. The molecule has 26 heavy (non-hydrogen) atoms. The smallest absolute Gasteiger partial charge is 0.348 e. The summed E-state index contributed by atoms with van der Waals surface area (Å²) in [7, 11) is 2.10. The minimum Gasteiger partial charge on any atom is -0.460 e. The minimum atomic E-state index is -1.73. The Morgan fingerprint density at radius 2 is 1.50 bits per heavy atom. The molecule has 2 aromatic rings. The number of nitrogens with zero attached hydrogens (tertiary/aromatic N) is 1. The Morgan fingerprint density at radius 1 is 1.00 bits per heavy atom. The van der Waals surface area contributed by atoms with Gasteiger partial charge in [-0.1, -0.05) is 60.7 Å². The summed E-state index contributed by atoms with van der Waals surface area (Å²) < 4.78 is 5.87. The highest BCUT2D eigenvalue weighted by molar-refractivity contribution is 5.96. The number of rotatable bonds is 2. The van der Waals surface area contributed by atoms with E-state index in [1.807, 2.05) is 48.5 Å². The van der Waals surface area contributed by atoms with E-state index in [1.54, 1.807) is 0 Å². The molecule has 3 aliphatic rings. The largest absolute Gasteiger partial charge is 0.460 e. The molecule has 132 valence electrons. The van der Waals surface area contributed by atoms with Crippen LogP contribution in [0.5, 0.6) is 0 Å². The summed E-state index contributed by atoms with van der Waals surface area (Å²) in [5.74, 6) is -0.566. The number of carbonyl (C=O) groups is 1. The number of carbonyl (C=O) groups excluding carboxylic acids is 1. The van der Waals surface area contributed by atoms with Crippen molar-refractivity contribution < 1.29 is 14.6 Å². The maximum atomic E-state index is 13.2. The maximum absolute atomic E-state index is 13.2. The van der Waals surface area contributed by atoms with E-state index >= 15 is 0 Å². The van der Waals surface area contributed by atoms with E-state index in [9.17, 15) is 9.90 Å². The number of esters is 1. The number of benzene rings is 2. The fourth-order valence-corrected chi connectivity index (χ4v) is 4.66. The second-order valence-corrected chi connectivity index (χ2v) is 7.49. The van der Waals surface area contributed by atoms with E-state index in [-0.39, 0.29) is 6.10 Å². The molecule has 2 aromatic carbocycles. The summed E-state index contributed by atoms with van der Waals surface area (Å²) in [5.41, 5.74) is 1.28. The van der Waals surface area contributed by atoms with E-state index in [0.29, 0.717) is 23.2 Å². The molecule has 0 amide bonds. The maximum Gasteiger partial charge on any atom is 0.348 e. The molecule has 0 saturated carbocycles. The molecule has 4 heteroatoms. The molecule has 1 aliphatic carbocycles. The minimum absolute atomic E-state index is 0.173. The van der Waals surface area contributed by atoms with Gasteiger partial charge < -0.3 is 9.84 Å². The first-order chi connectivity index (χ1) is 12.6. The van der Waals surface area contributed by atoms with Crippen molar-refractivity contribution in [1.29, 1.82) is 0 Å². The molecule has 1 saturated heterocycles. The molecular weight excluding hydrogens is 326 g/mol. The summed E-state index contributed by atoms with van der Waals surface area (Å²) in [6.07, 6.45) is 5.75. The normalized spacial score (nSPS) is 27.8. The molecule has 1 N–H and O–H groups in total. The standard InChI is InChI=1S/C22H21NO3/c1-23-14-10-11-15(23)13-16(12-14)26-21(24)22(25)19-8-4-2-6-17(19)18-7-3-5-9-20(18)22/h2-11,14-16,25H,12-13H2,1H3/t14-,15+,16?. The van der Waals surface area contributed by atoms with Crippen LogP contribution in [0.1, 0.15) is 24.0 Å². The zero-order valence-electron chi connectivity index (χ0n) is 14.6. The van der Waals surface area contributed by atoms with E-state index in [0.717, 1.165) is 24.0 Å². The number of hydrogen-bond donors (Lipinski definition) is 1. The molecular formula is C22H21NO3. The Hall–Kier alpha value is -2.43. The highest BCUT2D eigenvalue weighted by atomic mass is 16.6. The van der Waals surface area contributed by atoms with Crippen molar-refractivity contribution in [3.8, 4) is 11.1 Å². The molecule has 3 atom stereocenters. The Bertz CT molecular complexity index is 858. The fraction of sp³-hybridized carbons (Fsp3) is 0.318. The van der Waals surface area contributed by atoms with Crippen molar-refractivity contribution in [1.82, 2.24) is 4.90 Å². The first-order valence-electron chi connectivity index (χ1n) is 9.12. The van der Waals surface area contributed by atoms with Crippen LogP contribution in [0.25, 0.3) is 11.1 Å². The van der Waals surface area contributed by atoms with Crippen molar-refractivity contribution >= 4 is 5.97 Å². The van der Waals surface area contributed by atoms with Crippen molar-refractivity contribution in [2.45, 2.75) is 36.6 Å². The molecule has 0 radical (unpaired) electrons. The van der Waals surface area contributed by atoms with Crippen LogP contribution in [0.4, 0.5) is 0 Å². The zero-order chi connectivity index (χ0) is 17.9. The molecule has 2 aliphatic heterocycles. The van der Waals surface area contributed by atoms with Gasteiger partial charge in [0.1, 0.15) is 6.10 Å². The lowest BCUT2D eigenvalue weighted by Gasteiger charge is -2.37. The highest BCUT2D eigenvalue weighted by Gasteiger charge is 2.50. The first-order valence-corrected chi connectivity index (χ1v) is 9.12. The highest BCUT2D eigenvalue weighted by Crippen LogP contribution is 2.48. The molecule has 0 aromatic heterocycles. The second kappa shape index (κ2) is 5.53. The average molecular weight is 347 g/mol. The predicted molar refractivity (Wildman–Crippen MR) is 98.5 cm³/mol. The van der Waals surface area contributed by atoms with Crippen LogP contribution in [-0.4, -0.2) is 41.2 Å². The lowest BCUT2D eigenvalue weighted by atomic mass is 9.91. The van der Waals surface area contributed by atoms with Gasteiger partial charge in [-0.3, -0.25) is 4.90 Å². The number of ether oxygens (including phenoxy) is 1. The fourth-order valence-electron chi connectivity index (χ4n) is 4.66. The van der Waals surface area contributed by atoms with Gasteiger partial charge >= 0.3 is 5.97 Å². The Labute approximate surface area is 152 Å². The predicted octanol–water partition coefficient (Wildman–Crippen LogP) is 2.85. The van der Waals surface area contributed by atoms with Gasteiger partial charge in [0.05, 0.1) is 0 Å². The van der Waals surface area contributed by atoms with Gasteiger partial charge in [-0.25, -0.2) is 4.79 Å². The SMILES string of the molecule is CN1[C@@H]2C=C[C@H]1CC(OC(=O)C1(O)c3ccccc3-c3ccccc31)C2. The van der Waals surface area contributed by atoms with Gasteiger partial charge in [-0.2, -0.15) is 0 Å².